The molecule has 0 amide bonds. The van der Waals surface area contributed by atoms with Gasteiger partial charge in [0.15, 0.2) is 5.96 Å². The Morgan fingerprint density at radius 3 is 2.63 bits per heavy atom. The van der Waals surface area contributed by atoms with E-state index in [-0.39, 0.29) is 0 Å². The molecule has 0 atom stereocenters. The van der Waals surface area contributed by atoms with Gasteiger partial charge >= 0.3 is 0 Å². The number of hydrogen-bond acceptors (Lipinski definition) is 3. The van der Waals surface area contributed by atoms with Crippen LogP contribution in [0.4, 0.5) is 11.4 Å². The number of guanidine groups is 1. The van der Waals surface area contributed by atoms with Crippen LogP contribution in [0.3, 0.4) is 0 Å². The summed E-state index contributed by atoms with van der Waals surface area (Å²) in [5.41, 5.74) is 9.19. The van der Waals surface area contributed by atoms with Gasteiger partial charge in [-0.1, -0.05) is 6.07 Å². The molecule has 0 unspecified atom stereocenters. The Hall–Kier alpha value is -1.75. The molecule has 0 bridgehead atoms. The van der Waals surface area contributed by atoms with Crippen molar-refractivity contribution in [3.8, 4) is 0 Å². The Balaban J connectivity index is 2.34. The van der Waals surface area contributed by atoms with Crippen LogP contribution in [-0.2, 0) is 4.74 Å². The van der Waals surface area contributed by atoms with Crippen molar-refractivity contribution in [2.75, 3.05) is 45.3 Å². The molecule has 0 aliphatic carbocycles. The lowest BCUT2D eigenvalue weighted by Gasteiger charge is -2.30. The van der Waals surface area contributed by atoms with Gasteiger partial charge in [-0.15, -0.1) is 0 Å². The van der Waals surface area contributed by atoms with E-state index in [1.165, 1.54) is 5.56 Å². The van der Waals surface area contributed by atoms with Crippen molar-refractivity contribution >= 4 is 17.3 Å². The maximum Gasteiger partial charge on any atom is 0.196 e. The molecule has 0 aromatic heterocycles. The van der Waals surface area contributed by atoms with Crippen molar-refractivity contribution in [3.05, 3.63) is 23.8 Å². The molecule has 1 aromatic rings. The van der Waals surface area contributed by atoms with Gasteiger partial charge in [-0.25, -0.2) is 4.99 Å². The second kappa shape index (κ2) is 5.93. The maximum absolute atomic E-state index is 5.92. The molecule has 0 saturated carbocycles. The zero-order valence-electron chi connectivity index (χ0n) is 11.9. The largest absolute Gasteiger partial charge is 0.378 e. The fraction of sp³-hybridized carbons (Fsp3) is 0.500. The van der Waals surface area contributed by atoms with Crippen LogP contribution < -0.4 is 10.6 Å². The standard InChI is InChI=1S/C14H22N4O/c1-11-4-5-12(16-14(15)17(2)3)13(10-11)18-6-8-19-9-7-18/h4-5,10H,6-9H2,1-3H3,(H2,15,16). The predicted molar refractivity (Wildman–Crippen MR) is 79.2 cm³/mol. The first-order chi connectivity index (χ1) is 9.08. The molecule has 2 rings (SSSR count). The highest BCUT2D eigenvalue weighted by atomic mass is 16.5. The fourth-order valence-corrected chi connectivity index (χ4v) is 2.01. The Kier molecular flexibility index (Phi) is 4.27. The molecule has 5 nitrogen and oxygen atoms in total. The molecule has 19 heavy (non-hydrogen) atoms. The summed E-state index contributed by atoms with van der Waals surface area (Å²) in [4.78, 5) is 8.62. The molecule has 0 radical (unpaired) electrons. The van der Waals surface area contributed by atoms with Crippen molar-refractivity contribution in [2.45, 2.75) is 6.92 Å². The van der Waals surface area contributed by atoms with Crippen LogP contribution in [-0.4, -0.2) is 51.3 Å². The molecule has 1 aliphatic heterocycles. The normalized spacial score (nSPS) is 16.6. The van der Waals surface area contributed by atoms with Crippen molar-refractivity contribution in [3.63, 3.8) is 0 Å². The molecule has 1 aromatic carbocycles. The highest BCUT2D eigenvalue weighted by Crippen LogP contribution is 2.30. The minimum atomic E-state index is 0.512. The van der Waals surface area contributed by atoms with E-state index in [1.54, 1.807) is 0 Å². The van der Waals surface area contributed by atoms with Crippen molar-refractivity contribution in [1.29, 1.82) is 0 Å². The van der Waals surface area contributed by atoms with Crippen molar-refractivity contribution in [1.82, 2.24) is 4.90 Å². The zero-order chi connectivity index (χ0) is 13.8. The molecule has 1 aliphatic rings. The van der Waals surface area contributed by atoms with Gasteiger partial charge in [-0.3, -0.25) is 0 Å². The quantitative estimate of drug-likeness (QED) is 0.645. The van der Waals surface area contributed by atoms with Crippen LogP contribution in [0.25, 0.3) is 0 Å². The second-order valence-electron chi connectivity index (χ2n) is 4.96. The van der Waals surface area contributed by atoms with E-state index in [9.17, 15) is 0 Å². The maximum atomic E-state index is 5.92. The summed E-state index contributed by atoms with van der Waals surface area (Å²) in [6.07, 6.45) is 0. The monoisotopic (exact) mass is 262 g/mol. The smallest absolute Gasteiger partial charge is 0.196 e. The first-order valence-electron chi connectivity index (χ1n) is 6.53. The van der Waals surface area contributed by atoms with Gasteiger partial charge in [-0.05, 0) is 24.6 Å². The molecule has 1 fully saturated rings. The molecular formula is C14H22N4O. The van der Waals surface area contributed by atoms with E-state index >= 15 is 0 Å². The molecule has 2 N–H and O–H groups in total. The van der Waals surface area contributed by atoms with Gasteiger partial charge in [0.05, 0.1) is 24.6 Å². The van der Waals surface area contributed by atoms with Gasteiger partial charge in [0.25, 0.3) is 0 Å². The van der Waals surface area contributed by atoms with E-state index in [0.29, 0.717) is 5.96 Å². The average Bonchev–Trinajstić information content (AvgIpc) is 2.41. The van der Waals surface area contributed by atoms with Gasteiger partial charge in [-0.2, -0.15) is 0 Å². The van der Waals surface area contributed by atoms with Gasteiger partial charge < -0.3 is 20.3 Å². The number of aliphatic imine (C=N–C) groups is 1. The van der Waals surface area contributed by atoms with Crippen LogP contribution in [0, 0.1) is 6.92 Å². The lowest BCUT2D eigenvalue weighted by atomic mass is 10.1. The number of ether oxygens (including phenoxy) is 1. The summed E-state index contributed by atoms with van der Waals surface area (Å²) < 4.78 is 5.40. The molecular weight excluding hydrogens is 240 g/mol. The van der Waals surface area contributed by atoms with E-state index in [0.717, 1.165) is 37.7 Å². The number of nitrogens with zero attached hydrogens (tertiary/aromatic N) is 3. The number of nitrogens with two attached hydrogens (primary N) is 1. The Labute approximate surface area is 114 Å². The minimum absolute atomic E-state index is 0.512. The molecule has 5 heteroatoms. The minimum Gasteiger partial charge on any atom is -0.378 e. The van der Waals surface area contributed by atoms with Gasteiger partial charge in [0, 0.05) is 27.2 Å². The van der Waals surface area contributed by atoms with Crippen LogP contribution >= 0.6 is 0 Å². The summed E-state index contributed by atoms with van der Waals surface area (Å²) in [5, 5.41) is 0. The summed E-state index contributed by atoms with van der Waals surface area (Å²) in [6.45, 7) is 5.41. The number of morpholine rings is 1. The third kappa shape index (κ3) is 3.38. The number of anilines is 1. The summed E-state index contributed by atoms with van der Waals surface area (Å²) in [7, 11) is 3.78. The third-order valence-electron chi connectivity index (χ3n) is 3.18. The van der Waals surface area contributed by atoms with Gasteiger partial charge in [0.1, 0.15) is 0 Å². The number of aryl methyl sites for hydroxylation is 1. The summed E-state index contributed by atoms with van der Waals surface area (Å²) in [6, 6.07) is 6.25. The predicted octanol–water partition coefficient (Wildman–Crippen LogP) is 1.34. The second-order valence-corrected chi connectivity index (χ2v) is 4.96. The average molecular weight is 262 g/mol. The van der Waals surface area contributed by atoms with Crippen LogP contribution in [0.15, 0.2) is 23.2 Å². The highest BCUT2D eigenvalue weighted by molar-refractivity contribution is 5.83. The SMILES string of the molecule is Cc1ccc(N=C(N)N(C)C)c(N2CCOCC2)c1. The summed E-state index contributed by atoms with van der Waals surface area (Å²) in [5.74, 6) is 0.512. The molecule has 0 spiro atoms. The van der Waals surface area contributed by atoms with E-state index in [4.69, 9.17) is 10.5 Å². The number of rotatable bonds is 2. The van der Waals surface area contributed by atoms with Crippen LogP contribution in [0.5, 0.6) is 0 Å². The van der Waals surface area contributed by atoms with Crippen LogP contribution in [0.1, 0.15) is 5.56 Å². The zero-order valence-corrected chi connectivity index (χ0v) is 11.9. The van der Waals surface area contributed by atoms with Crippen molar-refractivity contribution in [2.24, 2.45) is 10.7 Å². The van der Waals surface area contributed by atoms with Gasteiger partial charge in [0.2, 0.25) is 0 Å². The topological polar surface area (TPSA) is 54.1 Å². The van der Waals surface area contributed by atoms with E-state index in [1.807, 2.05) is 25.1 Å². The Morgan fingerprint density at radius 2 is 2.00 bits per heavy atom. The lowest BCUT2D eigenvalue weighted by Crippen LogP contribution is -2.36. The molecule has 104 valence electrons. The summed E-state index contributed by atoms with van der Waals surface area (Å²) >= 11 is 0. The molecule has 1 saturated heterocycles. The first kappa shape index (κ1) is 13.7. The van der Waals surface area contributed by atoms with Crippen LogP contribution in [0.2, 0.25) is 0 Å². The fourth-order valence-electron chi connectivity index (χ4n) is 2.01. The highest BCUT2D eigenvalue weighted by Gasteiger charge is 2.15. The van der Waals surface area contributed by atoms with Crippen molar-refractivity contribution < 1.29 is 4.74 Å². The lowest BCUT2D eigenvalue weighted by molar-refractivity contribution is 0.123. The Morgan fingerprint density at radius 1 is 1.32 bits per heavy atom. The third-order valence-corrected chi connectivity index (χ3v) is 3.18. The van der Waals surface area contributed by atoms with E-state index in [2.05, 4.69) is 28.9 Å². The Bertz CT molecular complexity index is 465. The number of benzene rings is 1. The first-order valence-corrected chi connectivity index (χ1v) is 6.53. The number of hydrogen-bond donors (Lipinski definition) is 1. The van der Waals surface area contributed by atoms with E-state index < -0.39 is 0 Å². The molecule has 1 heterocycles.